The lowest BCUT2D eigenvalue weighted by Gasteiger charge is -2.09. The summed E-state index contributed by atoms with van der Waals surface area (Å²) in [6.45, 7) is 0. The van der Waals surface area contributed by atoms with E-state index in [1.54, 1.807) is 0 Å². The summed E-state index contributed by atoms with van der Waals surface area (Å²) in [5.74, 6) is 0. The molecule has 0 radical (unpaired) electrons. The van der Waals surface area contributed by atoms with E-state index in [1.165, 1.54) is 43.1 Å². The first-order valence-electron chi connectivity index (χ1n) is 8.92. The Morgan fingerprint density at radius 3 is 1.73 bits per heavy atom. The number of allylic oxidation sites excluding steroid dienone is 1. The van der Waals surface area contributed by atoms with Gasteiger partial charge in [-0.25, -0.2) is 0 Å². The number of fused-ring (bicyclic) bond motifs is 1. The summed E-state index contributed by atoms with van der Waals surface area (Å²) in [6, 6.07) is 32.3. The van der Waals surface area contributed by atoms with Gasteiger partial charge in [-0.15, -0.1) is 11.3 Å². The highest BCUT2D eigenvalue weighted by Gasteiger charge is 2.24. The molecule has 3 aromatic carbocycles. The monoisotopic (exact) mass is 350 g/mol. The fourth-order valence-electron chi connectivity index (χ4n) is 3.72. The quantitative estimate of drug-likeness (QED) is 0.367. The van der Waals surface area contributed by atoms with Crippen molar-refractivity contribution in [3.05, 3.63) is 107 Å². The van der Waals surface area contributed by atoms with Crippen molar-refractivity contribution in [3.8, 4) is 21.6 Å². The molecule has 0 aliphatic heterocycles. The van der Waals surface area contributed by atoms with E-state index in [9.17, 15) is 0 Å². The zero-order valence-corrected chi connectivity index (χ0v) is 15.2. The van der Waals surface area contributed by atoms with Gasteiger partial charge in [-0.05, 0) is 33.9 Å². The van der Waals surface area contributed by atoms with E-state index < -0.39 is 0 Å². The molecule has 1 aliphatic carbocycles. The summed E-state index contributed by atoms with van der Waals surface area (Å²) >= 11 is 1.92. The number of hydrogen-bond acceptors (Lipinski definition) is 1. The lowest BCUT2D eigenvalue weighted by Crippen LogP contribution is -1.89. The lowest BCUT2D eigenvalue weighted by atomic mass is 9.95. The molecule has 0 atom stereocenters. The molecule has 0 spiro atoms. The molecular weight excluding hydrogens is 332 g/mol. The second kappa shape index (κ2) is 6.44. The standard InChI is InChI=1S/C25H18S/c1-4-10-18(11-5-1)21-16-22-23(17-21)26-25(20-14-8-3-9-15-20)24(22)19-12-6-2-7-13-19/h1-15,17H,16H2. The molecule has 1 heteroatoms. The maximum absolute atomic E-state index is 2.38. The minimum atomic E-state index is 1.01. The van der Waals surface area contributed by atoms with Gasteiger partial charge in [0.2, 0.25) is 0 Å². The molecule has 0 unspecified atom stereocenters. The van der Waals surface area contributed by atoms with Crippen LogP contribution in [-0.2, 0) is 6.42 Å². The third-order valence-electron chi connectivity index (χ3n) is 4.95. The highest BCUT2D eigenvalue weighted by molar-refractivity contribution is 7.17. The van der Waals surface area contributed by atoms with Crippen molar-refractivity contribution in [2.45, 2.75) is 6.42 Å². The van der Waals surface area contributed by atoms with Crippen molar-refractivity contribution in [1.82, 2.24) is 0 Å². The van der Waals surface area contributed by atoms with E-state index in [0.29, 0.717) is 0 Å². The van der Waals surface area contributed by atoms with Crippen LogP contribution in [0.3, 0.4) is 0 Å². The van der Waals surface area contributed by atoms with Crippen LogP contribution in [0.5, 0.6) is 0 Å². The van der Waals surface area contributed by atoms with Crippen LogP contribution in [0, 0.1) is 0 Å². The Hall–Kier alpha value is -2.90. The predicted octanol–water partition coefficient (Wildman–Crippen LogP) is 7.18. The molecule has 0 fully saturated rings. The molecule has 1 aliphatic rings. The largest absolute Gasteiger partial charge is 0.135 e. The maximum Gasteiger partial charge on any atom is 0.0430 e. The minimum absolute atomic E-state index is 1.01. The zero-order valence-electron chi connectivity index (χ0n) is 14.4. The van der Waals surface area contributed by atoms with E-state index >= 15 is 0 Å². The normalized spacial score (nSPS) is 12.7. The Kier molecular flexibility index (Phi) is 3.80. The summed E-state index contributed by atoms with van der Waals surface area (Å²) in [7, 11) is 0. The van der Waals surface area contributed by atoms with Gasteiger partial charge in [-0.3, -0.25) is 0 Å². The van der Waals surface area contributed by atoms with Crippen molar-refractivity contribution in [2.24, 2.45) is 0 Å². The molecule has 26 heavy (non-hydrogen) atoms. The summed E-state index contributed by atoms with van der Waals surface area (Å²) < 4.78 is 0. The van der Waals surface area contributed by atoms with E-state index in [0.717, 1.165) is 6.42 Å². The van der Waals surface area contributed by atoms with Gasteiger partial charge < -0.3 is 0 Å². The first kappa shape index (κ1) is 15.4. The minimum Gasteiger partial charge on any atom is -0.135 e. The van der Waals surface area contributed by atoms with Crippen molar-refractivity contribution >= 4 is 23.0 Å². The second-order valence-electron chi connectivity index (χ2n) is 6.59. The Balaban J connectivity index is 1.68. The average molecular weight is 350 g/mol. The first-order valence-corrected chi connectivity index (χ1v) is 9.74. The number of rotatable bonds is 3. The molecule has 0 N–H and O–H groups in total. The van der Waals surface area contributed by atoms with Crippen molar-refractivity contribution in [3.63, 3.8) is 0 Å². The SMILES string of the molecule is C1=C(c2ccccc2)Cc2c1sc(-c1ccccc1)c2-c1ccccc1. The molecule has 0 amide bonds. The molecule has 0 saturated carbocycles. The van der Waals surface area contributed by atoms with Gasteiger partial charge >= 0.3 is 0 Å². The Labute approximate surface area is 158 Å². The van der Waals surface area contributed by atoms with Gasteiger partial charge in [-0.1, -0.05) is 91.0 Å². The predicted molar refractivity (Wildman–Crippen MR) is 113 cm³/mol. The van der Waals surface area contributed by atoms with Gasteiger partial charge in [0, 0.05) is 21.7 Å². The van der Waals surface area contributed by atoms with Crippen LogP contribution in [0.1, 0.15) is 16.0 Å². The fourth-order valence-corrected chi connectivity index (χ4v) is 5.03. The lowest BCUT2D eigenvalue weighted by molar-refractivity contribution is 1.34. The Morgan fingerprint density at radius 1 is 0.577 bits per heavy atom. The van der Waals surface area contributed by atoms with Gasteiger partial charge in [0.05, 0.1) is 0 Å². The Bertz CT molecular complexity index is 1070. The van der Waals surface area contributed by atoms with Crippen molar-refractivity contribution in [1.29, 1.82) is 0 Å². The van der Waals surface area contributed by atoms with Crippen molar-refractivity contribution in [2.75, 3.05) is 0 Å². The number of thiophene rings is 1. The van der Waals surface area contributed by atoms with E-state index in [-0.39, 0.29) is 0 Å². The molecule has 124 valence electrons. The van der Waals surface area contributed by atoms with Crippen LogP contribution in [-0.4, -0.2) is 0 Å². The summed E-state index contributed by atoms with van der Waals surface area (Å²) in [5, 5.41) is 0. The van der Waals surface area contributed by atoms with E-state index in [4.69, 9.17) is 0 Å². The molecular formula is C25H18S. The van der Waals surface area contributed by atoms with Crippen LogP contribution in [0.2, 0.25) is 0 Å². The van der Waals surface area contributed by atoms with Gasteiger partial charge in [-0.2, -0.15) is 0 Å². The summed E-state index contributed by atoms with van der Waals surface area (Å²) in [6.07, 6.45) is 3.39. The smallest absolute Gasteiger partial charge is 0.0430 e. The third-order valence-corrected chi connectivity index (χ3v) is 6.18. The van der Waals surface area contributed by atoms with E-state index in [1.807, 2.05) is 11.3 Å². The molecule has 0 bridgehead atoms. The zero-order chi connectivity index (χ0) is 17.3. The third kappa shape index (κ3) is 2.61. The topological polar surface area (TPSA) is 0 Å². The molecule has 1 heterocycles. The van der Waals surface area contributed by atoms with Crippen LogP contribution in [0.15, 0.2) is 91.0 Å². The molecule has 5 rings (SSSR count). The Morgan fingerprint density at radius 2 is 1.12 bits per heavy atom. The maximum atomic E-state index is 2.38. The van der Waals surface area contributed by atoms with Crippen LogP contribution in [0.4, 0.5) is 0 Å². The number of hydrogen-bond donors (Lipinski definition) is 0. The fraction of sp³-hybridized carbons (Fsp3) is 0.0400. The molecule has 0 nitrogen and oxygen atoms in total. The van der Waals surface area contributed by atoms with E-state index in [2.05, 4.69) is 97.1 Å². The number of benzene rings is 3. The summed E-state index contributed by atoms with van der Waals surface area (Å²) in [5.41, 5.74) is 8.24. The highest BCUT2D eigenvalue weighted by Crippen LogP contribution is 2.48. The van der Waals surface area contributed by atoms with Crippen LogP contribution in [0.25, 0.3) is 33.2 Å². The second-order valence-corrected chi connectivity index (χ2v) is 7.65. The van der Waals surface area contributed by atoms with Crippen LogP contribution >= 0.6 is 11.3 Å². The van der Waals surface area contributed by atoms with Crippen LogP contribution < -0.4 is 0 Å². The first-order chi connectivity index (χ1) is 12.9. The van der Waals surface area contributed by atoms with Gasteiger partial charge in [0.25, 0.3) is 0 Å². The molecule has 0 saturated heterocycles. The van der Waals surface area contributed by atoms with Crippen molar-refractivity contribution < 1.29 is 0 Å². The van der Waals surface area contributed by atoms with Gasteiger partial charge in [0.1, 0.15) is 0 Å². The summed E-state index contributed by atoms with van der Waals surface area (Å²) in [4.78, 5) is 2.78. The highest BCUT2D eigenvalue weighted by atomic mass is 32.1. The molecule has 1 aromatic heterocycles. The van der Waals surface area contributed by atoms with Gasteiger partial charge in [0.15, 0.2) is 0 Å². The molecule has 4 aromatic rings. The average Bonchev–Trinajstić information content (AvgIpc) is 3.28.